The van der Waals surface area contributed by atoms with Crippen molar-refractivity contribution in [2.45, 2.75) is 30.7 Å². The number of aliphatic hydroxyl groups excluding tert-OH is 4. The van der Waals surface area contributed by atoms with Gasteiger partial charge in [-0.25, -0.2) is 0 Å². The van der Waals surface area contributed by atoms with Crippen LogP contribution in [0.1, 0.15) is 0 Å². The highest BCUT2D eigenvalue weighted by Crippen LogP contribution is 2.29. The molecule has 1 aromatic heterocycles. The van der Waals surface area contributed by atoms with Gasteiger partial charge in [-0.3, -0.25) is 0 Å². The second kappa shape index (κ2) is 5.63. The Morgan fingerprint density at radius 3 is 2.62 bits per heavy atom. The van der Waals surface area contributed by atoms with Gasteiger partial charge in [-0.05, 0) is 12.1 Å². The zero-order chi connectivity index (χ0) is 15.0. The standard InChI is InChI=1S/C14H17NO6/c16-6-10-11(17)12(18)13(19)14(21-10)20-9-5-15-8-4-2-1-3-7(8)9/h1-5,10-19H,6H2/t10?,11-,12?,13?,14+/m1/s1. The van der Waals surface area contributed by atoms with Gasteiger partial charge < -0.3 is 34.9 Å². The third kappa shape index (κ3) is 2.50. The fourth-order valence-corrected chi connectivity index (χ4v) is 2.43. The molecule has 2 aromatic rings. The molecule has 1 aliphatic heterocycles. The highest BCUT2D eigenvalue weighted by atomic mass is 16.7. The van der Waals surface area contributed by atoms with Crippen molar-refractivity contribution in [3.05, 3.63) is 30.5 Å². The Kier molecular flexibility index (Phi) is 3.83. The summed E-state index contributed by atoms with van der Waals surface area (Å²) in [5.41, 5.74) is 0.858. The van der Waals surface area contributed by atoms with Gasteiger partial charge >= 0.3 is 0 Å². The zero-order valence-corrected chi connectivity index (χ0v) is 11.1. The van der Waals surface area contributed by atoms with Crippen LogP contribution in [-0.2, 0) is 4.74 Å². The number of benzene rings is 1. The lowest BCUT2D eigenvalue weighted by Crippen LogP contribution is -2.60. The molecule has 5 N–H and O–H groups in total. The Morgan fingerprint density at radius 2 is 1.86 bits per heavy atom. The summed E-state index contributed by atoms with van der Waals surface area (Å²) in [5.74, 6) is 0.454. The van der Waals surface area contributed by atoms with Crippen LogP contribution in [0, 0.1) is 0 Å². The van der Waals surface area contributed by atoms with E-state index in [2.05, 4.69) is 4.98 Å². The molecule has 7 heteroatoms. The predicted octanol–water partition coefficient (Wildman–Crippen LogP) is -0.653. The summed E-state index contributed by atoms with van der Waals surface area (Å²) in [6, 6.07) is 7.42. The average Bonchev–Trinajstić information content (AvgIpc) is 2.91. The number of hydrogen-bond acceptors (Lipinski definition) is 6. The van der Waals surface area contributed by atoms with Crippen molar-refractivity contribution in [1.29, 1.82) is 0 Å². The van der Waals surface area contributed by atoms with Gasteiger partial charge in [0.15, 0.2) is 0 Å². The summed E-state index contributed by atoms with van der Waals surface area (Å²) >= 11 is 0. The van der Waals surface area contributed by atoms with E-state index in [0.717, 1.165) is 10.9 Å². The molecule has 21 heavy (non-hydrogen) atoms. The third-order valence-electron chi connectivity index (χ3n) is 3.64. The normalized spacial score (nSPS) is 33.2. The lowest BCUT2D eigenvalue weighted by Gasteiger charge is -2.39. The zero-order valence-electron chi connectivity index (χ0n) is 11.1. The van der Waals surface area contributed by atoms with E-state index in [9.17, 15) is 15.3 Å². The number of para-hydroxylation sites is 1. The van der Waals surface area contributed by atoms with Gasteiger partial charge in [-0.15, -0.1) is 0 Å². The second-order valence-electron chi connectivity index (χ2n) is 5.01. The largest absolute Gasteiger partial charge is 0.460 e. The van der Waals surface area contributed by atoms with Gasteiger partial charge in [0.2, 0.25) is 6.29 Å². The summed E-state index contributed by atoms with van der Waals surface area (Å²) in [5, 5.41) is 39.3. The fourth-order valence-electron chi connectivity index (χ4n) is 2.43. The molecule has 1 saturated heterocycles. The van der Waals surface area contributed by atoms with Crippen LogP contribution in [0.3, 0.4) is 0 Å². The molecule has 3 unspecified atom stereocenters. The van der Waals surface area contributed by atoms with E-state index >= 15 is 0 Å². The molecule has 1 aliphatic rings. The maximum absolute atomic E-state index is 9.94. The Labute approximate surface area is 120 Å². The maximum Gasteiger partial charge on any atom is 0.229 e. The molecule has 5 atom stereocenters. The summed E-state index contributed by atoms with van der Waals surface area (Å²) in [7, 11) is 0. The van der Waals surface area contributed by atoms with Crippen LogP contribution in [0.2, 0.25) is 0 Å². The second-order valence-corrected chi connectivity index (χ2v) is 5.01. The van der Waals surface area contributed by atoms with Crippen molar-refractivity contribution >= 4 is 10.9 Å². The van der Waals surface area contributed by atoms with Crippen LogP contribution in [0.5, 0.6) is 5.75 Å². The van der Waals surface area contributed by atoms with Crippen LogP contribution in [0.25, 0.3) is 10.9 Å². The minimum absolute atomic E-state index is 0.454. The number of nitrogens with one attached hydrogen (secondary N) is 1. The van der Waals surface area contributed by atoms with Crippen molar-refractivity contribution in [3.63, 3.8) is 0 Å². The summed E-state index contributed by atoms with van der Waals surface area (Å²) in [6.45, 7) is -0.487. The van der Waals surface area contributed by atoms with Crippen LogP contribution in [-0.4, -0.2) is 62.7 Å². The Bertz CT molecular complexity index is 612. The van der Waals surface area contributed by atoms with Gasteiger partial charge in [0.25, 0.3) is 0 Å². The number of fused-ring (bicyclic) bond motifs is 1. The van der Waals surface area contributed by atoms with Gasteiger partial charge in [0, 0.05) is 17.1 Å². The number of H-pyrrole nitrogens is 1. The molecule has 0 saturated carbocycles. The van der Waals surface area contributed by atoms with E-state index in [4.69, 9.17) is 14.6 Å². The first-order valence-corrected chi connectivity index (χ1v) is 6.65. The number of ether oxygens (including phenoxy) is 2. The first-order valence-electron chi connectivity index (χ1n) is 6.65. The quantitative estimate of drug-likeness (QED) is 0.514. The summed E-state index contributed by atoms with van der Waals surface area (Å²) in [4.78, 5) is 3.01. The topological polar surface area (TPSA) is 115 Å². The molecule has 0 bridgehead atoms. The first-order chi connectivity index (χ1) is 10.1. The molecule has 0 amide bonds. The van der Waals surface area contributed by atoms with Crippen LogP contribution in [0.4, 0.5) is 0 Å². The monoisotopic (exact) mass is 295 g/mol. The van der Waals surface area contributed by atoms with Crippen molar-refractivity contribution in [1.82, 2.24) is 4.98 Å². The van der Waals surface area contributed by atoms with Crippen molar-refractivity contribution in [2.24, 2.45) is 0 Å². The Balaban J connectivity index is 1.83. The van der Waals surface area contributed by atoms with E-state index in [1.165, 1.54) is 0 Å². The van der Waals surface area contributed by atoms with E-state index in [1.54, 1.807) is 6.20 Å². The highest BCUT2D eigenvalue weighted by Gasteiger charge is 2.44. The first kappa shape index (κ1) is 14.3. The minimum atomic E-state index is -1.45. The molecular weight excluding hydrogens is 278 g/mol. The number of aromatic amines is 1. The van der Waals surface area contributed by atoms with Crippen LogP contribution < -0.4 is 4.74 Å². The fraction of sp³-hybridized carbons (Fsp3) is 0.429. The van der Waals surface area contributed by atoms with Crippen molar-refractivity contribution in [3.8, 4) is 5.75 Å². The molecule has 1 fully saturated rings. The summed E-state index contributed by atoms with van der Waals surface area (Å²) < 4.78 is 10.9. The van der Waals surface area contributed by atoms with Gasteiger partial charge in [-0.1, -0.05) is 12.1 Å². The smallest absolute Gasteiger partial charge is 0.229 e. The van der Waals surface area contributed by atoms with E-state index in [0.29, 0.717) is 5.75 Å². The van der Waals surface area contributed by atoms with Gasteiger partial charge in [-0.2, -0.15) is 0 Å². The summed E-state index contributed by atoms with van der Waals surface area (Å²) in [6.07, 6.45) is -4.82. The lowest BCUT2D eigenvalue weighted by molar-refractivity contribution is -0.277. The lowest BCUT2D eigenvalue weighted by atomic mass is 9.99. The Hall–Kier alpha value is -1.64. The van der Waals surface area contributed by atoms with Crippen LogP contribution in [0.15, 0.2) is 30.5 Å². The van der Waals surface area contributed by atoms with E-state index in [-0.39, 0.29) is 0 Å². The van der Waals surface area contributed by atoms with E-state index < -0.39 is 37.3 Å². The molecule has 0 aliphatic carbocycles. The molecule has 3 rings (SSSR count). The van der Waals surface area contributed by atoms with Crippen molar-refractivity contribution < 1.29 is 29.9 Å². The van der Waals surface area contributed by atoms with Gasteiger partial charge in [0.05, 0.1) is 6.61 Å². The molecule has 1 aromatic carbocycles. The average molecular weight is 295 g/mol. The number of aromatic nitrogens is 1. The molecule has 2 heterocycles. The molecule has 114 valence electrons. The minimum Gasteiger partial charge on any atom is -0.460 e. The highest BCUT2D eigenvalue weighted by molar-refractivity contribution is 5.85. The number of aliphatic hydroxyl groups is 4. The molecule has 0 spiro atoms. The van der Waals surface area contributed by atoms with Crippen molar-refractivity contribution in [2.75, 3.05) is 6.61 Å². The van der Waals surface area contributed by atoms with Gasteiger partial charge in [0.1, 0.15) is 30.2 Å². The number of rotatable bonds is 3. The van der Waals surface area contributed by atoms with Crippen LogP contribution >= 0.6 is 0 Å². The van der Waals surface area contributed by atoms with E-state index in [1.807, 2.05) is 24.3 Å². The third-order valence-corrected chi connectivity index (χ3v) is 3.64. The maximum atomic E-state index is 9.94. The SMILES string of the molecule is OCC1O[C@H](Oc2c[nH]c3ccccc23)C(O)C(O)[C@@H]1O. The Morgan fingerprint density at radius 1 is 1.10 bits per heavy atom. The predicted molar refractivity (Wildman–Crippen MR) is 72.7 cm³/mol. The molecular formula is C14H17NO6. The molecule has 0 radical (unpaired) electrons. The number of hydrogen-bond donors (Lipinski definition) is 5. The molecule has 7 nitrogen and oxygen atoms in total.